The molecule has 0 radical (unpaired) electrons. The van der Waals surface area contributed by atoms with E-state index in [4.69, 9.17) is 37.0 Å². The molecule has 0 aromatic carbocycles. The molecule has 0 aliphatic carbocycles. The number of esters is 4. The third kappa shape index (κ3) is 76.3. The molecule has 0 aromatic rings. The standard InChI is InChI=1S/C83H162O17P2/c1-7-9-11-13-15-17-18-19-20-21-22-23-24-25-26-27-32-38-43-49-55-61-67-83(88)100-79(72-94-81(86)66-60-54-48-42-37-33-28-30-35-40-45-51-57-63-75(3)4)74-98-102(91,92)96-70-77(84)69-95-101(89,90)97-73-78(71-93-80(85)65-59-53-47-16-14-12-10-8-2)99-82(87)68-62-56-50-44-39-34-29-31-36-41-46-52-58-64-76(5)6/h75-79,84H,7-74H2,1-6H3,(H,89,90)(H,91,92)/t77-,78+,79+/m0/s1. The van der Waals surface area contributed by atoms with Crippen molar-refractivity contribution in [2.24, 2.45) is 11.8 Å². The predicted molar refractivity (Wildman–Crippen MR) is 418 cm³/mol. The van der Waals surface area contributed by atoms with E-state index in [9.17, 15) is 43.2 Å². The highest BCUT2D eigenvalue weighted by atomic mass is 31.2. The van der Waals surface area contributed by atoms with Gasteiger partial charge in [0.2, 0.25) is 0 Å². The van der Waals surface area contributed by atoms with Crippen molar-refractivity contribution in [3.05, 3.63) is 0 Å². The Hall–Kier alpha value is -1.94. The summed E-state index contributed by atoms with van der Waals surface area (Å²) in [6, 6.07) is 0. The van der Waals surface area contributed by atoms with Crippen LogP contribution in [0.5, 0.6) is 0 Å². The van der Waals surface area contributed by atoms with Crippen molar-refractivity contribution in [2.75, 3.05) is 39.6 Å². The van der Waals surface area contributed by atoms with E-state index in [-0.39, 0.29) is 25.7 Å². The second-order valence-electron chi connectivity index (χ2n) is 30.8. The van der Waals surface area contributed by atoms with E-state index in [1.54, 1.807) is 0 Å². The molecule has 0 spiro atoms. The third-order valence-corrected chi connectivity index (χ3v) is 21.4. The number of phosphoric acid groups is 2. The van der Waals surface area contributed by atoms with E-state index in [0.717, 1.165) is 108 Å². The maximum Gasteiger partial charge on any atom is 0.472 e. The first-order chi connectivity index (χ1) is 49.4. The van der Waals surface area contributed by atoms with Gasteiger partial charge >= 0.3 is 39.5 Å². The second kappa shape index (κ2) is 74.5. The molecule has 0 rings (SSSR count). The van der Waals surface area contributed by atoms with Crippen LogP contribution >= 0.6 is 15.6 Å². The molecular weight excluding hydrogens is 1330 g/mol. The maximum atomic E-state index is 13.1. The number of aliphatic hydroxyl groups excluding tert-OH is 1. The SMILES string of the molecule is CCCCCCCCCCCCCCCCCCCCCCCCC(=O)O[C@H](COC(=O)CCCCCCCCCCCCCCCC(C)C)COP(=O)(O)OC[C@@H](O)COP(=O)(O)OC[C@@H](COC(=O)CCCCCCCCCC)OC(=O)CCCCCCCCCCCCCCCC(C)C. The number of hydrogen-bond acceptors (Lipinski definition) is 15. The molecule has 0 saturated heterocycles. The molecule has 0 fully saturated rings. The normalized spacial score (nSPS) is 13.9. The molecule has 0 amide bonds. The van der Waals surface area contributed by atoms with E-state index >= 15 is 0 Å². The Bertz CT molecular complexity index is 1960. The van der Waals surface area contributed by atoms with Crippen LogP contribution in [-0.2, 0) is 65.4 Å². The zero-order chi connectivity index (χ0) is 74.9. The lowest BCUT2D eigenvalue weighted by molar-refractivity contribution is -0.161. The van der Waals surface area contributed by atoms with Crippen LogP contribution < -0.4 is 0 Å². The van der Waals surface area contributed by atoms with Crippen molar-refractivity contribution >= 4 is 39.5 Å². The summed E-state index contributed by atoms with van der Waals surface area (Å²) in [6.07, 6.45) is 65.4. The van der Waals surface area contributed by atoms with Gasteiger partial charge in [0.15, 0.2) is 12.2 Å². The Balaban J connectivity index is 5.18. The largest absolute Gasteiger partial charge is 0.472 e. The van der Waals surface area contributed by atoms with Gasteiger partial charge in [0.05, 0.1) is 26.4 Å². The topological polar surface area (TPSA) is 237 Å². The molecule has 102 heavy (non-hydrogen) atoms. The first-order valence-corrected chi connectivity index (χ1v) is 46.0. The molecule has 606 valence electrons. The fraction of sp³-hybridized carbons (Fsp3) is 0.952. The Morgan fingerprint density at radius 1 is 0.265 bits per heavy atom. The van der Waals surface area contributed by atoms with Crippen molar-refractivity contribution in [3.63, 3.8) is 0 Å². The molecule has 19 heteroatoms. The summed E-state index contributed by atoms with van der Waals surface area (Å²) in [4.78, 5) is 73.0. The van der Waals surface area contributed by atoms with Gasteiger partial charge in [-0.05, 0) is 37.5 Å². The highest BCUT2D eigenvalue weighted by Crippen LogP contribution is 2.45. The average Bonchev–Trinajstić information content (AvgIpc) is 0.908. The Labute approximate surface area is 626 Å². The van der Waals surface area contributed by atoms with Gasteiger partial charge in [0, 0.05) is 25.7 Å². The van der Waals surface area contributed by atoms with E-state index in [1.165, 1.54) is 250 Å². The molecule has 5 atom stereocenters. The van der Waals surface area contributed by atoms with Gasteiger partial charge in [0.1, 0.15) is 19.3 Å². The summed E-state index contributed by atoms with van der Waals surface area (Å²) in [6.45, 7) is 9.65. The first-order valence-electron chi connectivity index (χ1n) is 43.0. The zero-order valence-corrected chi connectivity index (χ0v) is 68.7. The number of hydrogen-bond donors (Lipinski definition) is 3. The molecule has 17 nitrogen and oxygen atoms in total. The fourth-order valence-electron chi connectivity index (χ4n) is 12.9. The monoisotopic (exact) mass is 1490 g/mol. The van der Waals surface area contributed by atoms with E-state index in [1.807, 2.05) is 0 Å². The average molecular weight is 1490 g/mol. The Kier molecular flexibility index (Phi) is 73.1. The van der Waals surface area contributed by atoms with E-state index < -0.39 is 97.5 Å². The lowest BCUT2D eigenvalue weighted by atomic mass is 10.0. The van der Waals surface area contributed by atoms with Gasteiger partial charge in [-0.25, -0.2) is 9.13 Å². The molecule has 2 unspecified atom stereocenters. The molecule has 0 aromatic heterocycles. The minimum Gasteiger partial charge on any atom is -0.462 e. The van der Waals surface area contributed by atoms with Gasteiger partial charge in [0.25, 0.3) is 0 Å². The molecular formula is C83H162O17P2. The number of ether oxygens (including phenoxy) is 4. The maximum absolute atomic E-state index is 13.1. The predicted octanol–water partition coefficient (Wildman–Crippen LogP) is 25.1. The minimum atomic E-state index is -4.96. The molecule has 3 N–H and O–H groups in total. The summed E-state index contributed by atoms with van der Waals surface area (Å²) in [5, 5.41) is 10.6. The van der Waals surface area contributed by atoms with Crippen molar-refractivity contribution in [3.8, 4) is 0 Å². The van der Waals surface area contributed by atoms with Crippen molar-refractivity contribution < 1.29 is 80.2 Å². The number of rotatable bonds is 82. The summed E-state index contributed by atoms with van der Waals surface area (Å²) in [7, 11) is -9.92. The summed E-state index contributed by atoms with van der Waals surface area (Å²) < 4.78 is 68.7. The van der Waals surface area contributed by atoms with E-state index in [0.29, 0.717) is 25.7 Å². The van der Waals surface area contributed by atoms with Crippen LogP contribution in [-0.4, -0.2) is 96.7 Å². The lowest BCUT2D eigenvalue weighted by Gasteiger charge is -2.21. The first kappa shape index (κ1) is 100. The quantitative estimate of drug-likeness (QED) is 0.0222. The summed E-state index contributed by atoms with van der Waals surface area (Å²) in [5.41, 5.74) is 0. The fourth-order valence-corrected chi connectivity index (χ4v) is 14.5. The lowest BCUT2D eigenvalue weighted by Crippen LogP contribution is -2.30. The van der Waals surface area contributed by atoms with Gasteiger partial charge in [-0.15, -0.1) is 0 Å². The van der Waals surface area contributed by atoms with Crippen LogP contribution in [0.25, 0.3) is 0 Å². The molecule has 0 saturated carbocycles. The molecule has 0 aliphatic heterocycles. The zero-order valence-electron chi connectivity index (χ0n) is 66.9. The number of carbonyl (C=O) groups is 4. The van der Waals surface area contributed by atoms with E-state index in [2.05, 4.69) is 41.5 Å². The number of aliphatic hydroxyl groups is 1. The highest BCUT2D eigenvalue weighted by molar-refractivity contribution is 7.47. The molecule has 0 heterocycles. The van der Waals surface area contributed by atoms with Crippen LogP contribution in [0.3, 0.4) is 0 Å². The highest BCUT2D eigenvalue weighted by Gasteiger charge is 2.30. The van der Waals surface area contributed by atoms with Crippen molar-refractivity contribution in [2.45, 2.75) is 458 Å². The van der Waals surface area contributed by atoms with Crippen LogP contribution in [0.15, 0.2) is 0 Å². The minimum absolute atomic E-state index is 0.107. The van der Waals surface area contributed by atoms with Crippen LogP contribution in [0, 0.1) is 11.8 Å². The molecule has 0 aliphatic rings. The van der Waals surface area contributed by atoms with Crippen LogP contribution in [0.1, 0.15) is 440 Å². The number of unbranched alkanes of at least 4 members (excludes halogenated alkanes) is 52. The second-order valence-corrected chi connectivity index (χ2v) is 33.7. The number of carbonyl (C=O) groups excluding carboxylic acids is 4. The van der Waals surface area contributed by atoms with Crippen molar-refractivity contribution in [1.29, 1.82) is 0 Å². The van der Waals surface area contributed by atoms with Gasteiger partial charge in [-0.1, -0.05) is 388 Å². The number of phosphoric ester groups is 2. The van der Waals surface area contributed by atoms with Crippen LogP contribution in [0.4, 0.5) is 0 Å². The smallest absolute Gasteiger partial charge is 0.462 e. The summed E-state index contributed by atoms with van der Waals surface area (Å²) >= 11 is 0. The van der Waals surface area contributed by atoms with Crippen molar-refractivity contribution in [1.82, 2.24) is 0 Å². The Morgan fingerprint density at radius 3 is 0.667 bits per heavy atom. The third-order valence-electron chi connectivity index (χ3n) is 19.5. The van der Waals surface area contributed by atoms with Gasteiger partial charge < -0.3 is 33.8 Å². The Morgan fingerprint density at radius 2 is 0.451 bits per heavy atom. The van der Waals surface area contributed by atoms with Gasteiger partial charge in [-0.2, -0.15) is 0 Å². The van der Waals surface area contributed by atoms with Gasteiger partial charge in [-0.3, -0.25) is 37.3 Å². The summed E-state index contributed by atoms with van der Waals surface area (Å²) in [5.74, 6) is -0.532. The van der Waals surface area contributed by atoms with Crippen LogP contribution in [0.2, 0.25) is 0 Å². The molecule has 0 bridgehead atoms.